The fraction of sp³-hybridized carbons (Fsp3) is 0.0476. The molecule has 0 aliphatic carbocycles. The average Bonchev–Trinajstić information content (AvgIpc) is 3.14. The molecular formula is C21H16FN3O. The molecule has 26 heavy (non-hydrogen) atoms. The first-order chi connectivity index (χ1) is 12.6. The number of nitrogens with zero attached hydrogens (tertiary/aromatic N) is 1. The van der Waals surface area contributed by atoms with Crippen molar-refractivity contribution in [2.75, 3.05) is 5.32 Å². The van der Waals surface area contributed by atoms with Gasteiger partial charge in [-0.3, -0.25) is 9.89 Å². The van der Waals surface area contributed by atoms with E-state index in [1.807, 2.05) is 49.4 Å². The van der Waals surface area contributed by atoms with Crippen LogP contribution in [0.3, 0.4) is 0 Å². The molecule has 0 spiro atoms. The third-order valence-corrected chi connectivity index (χ3v) is 4.34. The van der Waals surface area contributed by atoms with Crippen LogP contribution in [0.4, 0.5) is 10.1 Å². The molecule has 1 aromatic heterocycles. The number of carbonyl (C=O) groups is 1. The topological polar surface area (TPSA) is 57.8 Å². The summed E-state index contributed by atoms with van der Waals surface area (Å²) in [5, 5.41) is 11.9. The number of aryl methyl sites for hydroxylation is 1. The second-order valence-electron chi connectivity index (χ2n) is 6.11. The highest BCUT2D eigenvalue weighted by atomic mass is 19.1. The van der Waals surface area contributed by atoms with Crippen molar-refractivity contribution < 1.29 is 9.18 Å². The molecule has 0 aliphatic rings. The maximum Gasteiger partial charge on any atom is 0.273 e. The zero-order valence-electron chi connectivity index (χ0n) is 14.1. The summed E-state index contributed by atoms with van der Waals surface area (Å²) in [6, 6.07) is 20.0. The van der Waals surface area contributed by atoms with Gasteiger partial charge in [-0.05, 0) is 41.5 Å². The zero-order chi connectivity index (χ0) is 18.1. The molecule has 4 nitrogen and oxygen atoms in total. The molecule has 5 heteroatoms. The van der Waals surface area contributed by atoms with E-state index in [1.54, 1.807) is 12.1 Å². The van der Waals surface area contributed by atoms with E-state index in [-0.39, 0.29) is 5.91 Å². The van der Waals surface area contributed by atoms with E-state index in [4.69, 9.17) is 0 Å². The first-order valence-corrected chi connectivity index (χ1v) is 8.23. The van der Waals surface area contributed by atoms with Crippen LogP contribution in [0.25, 0.3) is 22.0 Å². The van der Waals surface area contributed by atoms with Gasteiger partial charge in [-0.2, -0.15) is 5.10 Å². The second kappa shape index (κ2) is 6.44. The number of fused-ring (bicyclic) bond motifs is 1. The minimum Gasteiger partial charge on any atom is -0.320 e. The van der Waals surface area contributed by atoms with Gasteiger partial charge in [-0.25, -0.2) is 4.39 Å². The van der Waals surface area contributed by atoms with Gasteiger partial charge >= 0.3 is 0 Å². The second-order valence-corrected chi connectivity index (χ2v) is 6.11. The third-order valence-electron chi connectivity index (χ3n) is 4.34. The number of nitrogens with one attached hydrogen (secondary N) is 2. The Morgan fingerprint density at radius 2 is 1.85 bits per heavy atom. The van der Waals surface area contributed by atoms with E-state index in [0.717, 1.165) is 21.9 Å². The Kier molecular flexibility index (Phi) is 3.97. The number of H-pyrrole nitrogens is 1. The SMILES string of the molecule is Cc1ccc(F)cc1NC(=O)c1cc(-c2cccc3ccccc23)n[nH]1. The van der Waals surface area contributed by atoms with Gasteiger partial charge < -0.3 is 5.32 Å². The van der Waals surface area contributed by atoms with Crippen LogP contribution in [-0.2, 0) is 0 Å². The van der Waals surface area contributed by atoms with E-state index >= 15 is 0 Å². The molecule has 1 heterocycles. The lowest BCUT2D eigenvalue weighted by molar-refractivity contribution is 0.102. The molecule has 4 rings (SSSR count). The first-order valence-electron chi connectivity index (χ1n) is 8.23. The Morgan fingerprint density at radius 3 is 2.73 bits per heavy atom. The average molecular weight is 345 g/mol. The summed E-state index contributed by atoms with van der Waals surface area (Å²) in [5.41, 5.74) is 3.17. The lowest BCUT2D eigenvalue weighted by Gasteiger charge is -2.07. The summed E-state index contributed by atoms with van der Waals surface area (Å²) in [6.45, 7) is 1.81. The predicted molar refractivity (Wildman–Crippen MR) is 101 cm³/mol. The van der Waals surface area contributed by atoms with Crippen LogP contribution < -0.4 is 5.32 Å². The van der Waals surface area contributed by atoms with Gasteiger partial charge in [0.05, 0.1) is 5.69 Å². The number of aromatic nitrogens is 2. The number of amides is 1. The Balaban J connectivity index is 1.65. The quantitative estimate of drug-likeness (QED) is 0.553. The molecule has 0 fully saturated rings. The molecule has 0 radical (unpaired) electrons. The van der Waals surface area contributed by atoms with Gasteiger partial charge in [0.15, 0.2) is 0 Å². The molecular weight excluding hydrogens is 329 g/mol. The Labute approximate surface area is 149 Å². The van der Waals surface area contributed by atoms with Crippen molar-refractivity contribution in [1.29, 1.82) is 0 Å². The van der Waals surface area contributed by atoms with Crippen LogP contribution in [0.15, 0.2) is 66.7 Å². The number of hydrogen-bond acceptors (Lipinski definition) is 2. The van der Waals surface area contributed by atoms with Crippen molar-refractivity contribution in [1.82, 2.24) is 10.2 Å². The number of anilines is 1. The highest BCUT2D eigenvalue weighted by Gasteiger charge is 2.14. The fourth-order valence-corrected chi connectivity index (χ4v) is 2.94. The van der Waals surface area contributed by atoms with Gasteiger partial charge in [-0.15, -0.1) is 0 Å². The first kappa shape index (κ1) is 16.0. The monoisotopic (exact) mass is 345 g/mol. The van der Waals surface area contributed by atoms with Crippen molar-refractivity contribution in [3.05, 3.63) is 83.8 Å². The van der Waals surface area contributed by atoms with Crippen LogP contribution in [0.1, 0.15) is 16.1 Å². The van der Waals surface area contributed by atoms with Gasteiger partial charge in [0.1, 0.15) is 11.5 Å². The zero-order valence-corrected chi connectivity index (χ0v) is 14.1. The number of aromatic amines is 1. The van der Waals surface area contributed by atoms with E-state index < -0.39 is 5.82 Å². The van der Waals surface area contributed by atoms with Crippen LogP contribution >= 0.6 is 0 Å². The summed E-state index contributed by atoms with van der Waals surface area (Å²) < 4.78 is 13.4. The van der Waals surface area contributed by atoms with Crippen molar-refractivity contribution in [2.24, 2.45) is 0 Å². The van der Waals surface area contributed by atoms with E-state index in [1.165, 1.54) is 12.1 Å². The Morgan fingerprint density at radius 1 is 1.04 bits per heavy atom. The number of rotatable bonds is 3. The number of carbonyl (C=O) groups excluding carboxylic acids is 1. The van der Waals surface area contributed by atoms with Crippen molar-refractivity contribution >= 4 is 22.4 Å². The molecule has 128 valence electrons. The molecule has 4 aromatic rings. The maximum atomic E-state index is 13.4. The molecule has 0 unspecified atom stereocenters. The summed E-state index contributed by atoms with van der Waals surface area (Å²) in [4.78, 5) is 12.5. The standard InChI is InChI=1S/C21H16FN3O/c1-13-9-10-15(22)11-18(13)23-21(26)20-12-19(24-25-20)17-8-4-6-14-5-2-3-7-16(14)17/h2-12H,1H3,(H,23,26)(H,24,25). The smallest absolute Gasteiger partial charge is 0.273 e. The van der Waals surface area contributed by atoms with Crippen LogP contribution in [0.5, 0.6) is 0 Å². The number of benzene rings is 3. The lowest BCUT2D eigenvalue weighted by Crippen LogP contribution is -2.13. The van der Waals surface area contributed by atoms with Crippen molar-refractivity contribution in [3.8, 4) is 11.3 Å². The highest BCUT2D eigenvalue weighted by molar-refractivity contribution is 6.04. The van der Waals surface area contributed by atoms with Crippen LogP contribution in [0, 0.1) is 12.7 Å². The van der Waals surface area contributed by atoms with Crippen molar-refractivity contribution in [3.63, 3.8) is 0 Å². The number of hydrogen-bond donors (Lipinski definition) is 2. The molecule has 3 aromatic carbocycles. The molecule has 0 atom stereocenters. The van der Waals surface area contributed by atoms with Crippen molar-refractivity contribution in [2.45, 2.75) is 6.92 Å². The molecule has 2 N–H and O–H groups in total. The van der Waals surface area contributed by atoms with Crippen LogP contribution in [-0.4, -0.2) is 16.1 Å². The van der Waals surface area contributed by atoms with Gasteiger partial charge in [0.2, 0.25) is 0 Å². The molecule has 0 aliphatic heterocycles. The molecule has 0 saturated heterocycles. The Hall–Kier alpha value is -3.47. The lowest BCUT2D eigenvalue weighted by atomic mass is 10.0. The normalized spacial score (nSPS) is 10.8. The summed E-state index contributed by atoms with van der Waals surface area (Å²) in [6.07, 6.45) is 0. The maximum absolute atomic E-state index is 13.4. The molecule has 0 bridgehead atoms. The summed E-state index contributed by atoms with van der Waals surface area (Å²) in [7, 11) is 0. The number of halogens is 1. The Bertz CT molecular complexity index is 1110. The van der Waals surface area contributed by atoms with E-state index in [9.17, 15) is 9.18 Å². The third kappa shape index (κ3) is 2.95. The highest BCUT2D eigenvalue weighted by Crippen LogP contribution is 2.27. The van der Waals surface area contributed by atoms with E-state index in [2.05, 4.69) is 15.5 Å². The van der Waals surface area contributed by atoms with E-state index in [0.29, 0.717) is 17.1 Å². The van der Waals surface area contributed by atoms with Gasteiger partial charge in [-0.1, -0.05) is 48.5 Å². The minimum absolute atomic E-state index is 0.316. The van der Waals surface area contributed by atoms with Gasteiger partial charge in [0, 0.05) is 11.3 Å². The molecule has 1 amide bonds. The fourth-order valence-electron chi connectivity index (χ4n) is 2.94. The van der Waals surface area contributed by atoms with Gasteiger partial charge in [0.25, 0.3) is 5.91 Å². The summed E-state index contributed by atoms with van der Waals surface area (Å²) >= 11 is 0. The minimum atomic E-state index is -0.396. The predicted octanol–water partition coefficient (Wildman–Crippen LogP) is 4.93. The van der Waals surface area contributed by atoms with Crippen LogP contribution in [0.2, 0.25) is 0 Å². The molecule has 0 saturated carbocycles. The largest absolute Gasteiger partial charge is 0.320 e. The summed E-state index contributed by atoms with van der Waals surface area (Å²) in [5.74, 6) is -0.760.